The molecular formula is C16H16N4S. The second kappa shape index (κ2) is 5.09. The van der Waals surface area contributed by atoms with Gasteiger partial charge in [-0.1, -0.05) is 30.3 Å². The zero-order chi connectivity index (χ0) is 14.2. The van der Waals surface area contributed by atoms with Crippen molar-refractivity contribution >= 4 is 11.3 Å². The molecule has 4 nitrogen and oxygen atoms in total. The number of benzene rings is 1. The molecular weight excluding hydrogens is 280 g/mol. The number of thiophene rings is 1. The first-order valence-electron chi connectivity index (χ1n) is 7.09. The summed E-state index contributed by atoms with van der Waals surface area (Å²) >= 11 is 1.67. The maximum absolute atomic E-state index is 4.77. The van der Waals surface area contributed by atoms with E-state index in [1.165, 1.54) is 11.1 Å². The average Bonchev–Trinajstić information content (AvgIpc) is 3.16. The Balaban J connectivity index is 1.78. The molecule has 0 aliphatic carbocycles. The van der Waals surface area contributed by atoms with Crippen molar-refractivity contribution in [3.05, 3.63) is 58.7 Å². The first kappa shape index (κ1) is 12.7. The van der Waals surface area contributed by atoms with Gasteiger partial charge in [-0.05, 0) is 29.0 Å². The zero-order valence-corrected chi connectivity index (χ0v) is 12.6. The smallest absolute Gasteiger partial charge is 0.191 e. The van der Waals surface area contributed by atoms with E-state index in [-0.39, 0.29) is 6.04 Å². The average molecular weight is 296 g/mol. The number of aryl methyl sites for hydroxylation is 1. The summed E-state index contributed by atoms with van der Waals surface area (Å²) in [4.78, 5) is 5.89. The molecule has 3 heterocycles. The van der Waals surface area contributed by atoms with Crippen LogP contribution in [0.25, 0.3) is 10.7 Å². The molecule has 1 aliphatic rings. The van der Waals surface area contributed by atoms with Gasteiger partial charge in [0.05, 0.1) is 10.9 Å². The van der Waals surface area contributed by atoms with Crippen LogP contribution in [0.2, 0.25) is 0 Å². The predicted molar refractivity (Wildman–Crippen MR) is 84.3 cm³/mol. The van der Waals surface area contributed by atoms with Gasteiger partial charge in [-0.3, -0.25) is 4.68 Å². The fourth-order valence-electron chi connectivity index (χ4n) is 2.89. The van der Waals surface area contributed by atoms with Gasteiger partial charge >= 0.3 is 0 Å². The Kier molecular flexibility index (Phi) is 3.09. The van der Waals surface area contributed by atoms with E-state index in [1.807, 2.05) is 17.8 Å². The van der Waals surface area contributed by atoms with Crippen molar-refractivity contribution in [1.82, 2.24) is 20.1 Å². The molecule has 21 heavy (non-hydrogen) atoms. The number of nitrogens with zero attached hydrogens (tertiary/aromatic N) is 3. The van der Waals surface area contributed by atoms with E-state index in [1.54, 1.807) is 11.3 Å². The van der Waals surface area contributed by atoms with Crippen LogP contribution in [0.5, 0.6) is 0 Å². The Morgan fingerprint density at radius 2 is 2.14 bits per heavy atom. The molecule has 1 aliphatic heterocycles. The SMILES string of the molecule is Cn1nc(-c2cccs2)nc1C1NCCc2ccccc21. The zero-order valence-electron chi connectivity index (χ0n) is 11.8. The van der Waals surface area contributed by atoms with E-state index in [9.17, 15) is 0 Å². The summed E-state index contributed by atoms with van der Waals surface area (Å²) in [5.74, 6) is 1.79. The van der Waals surface area contributed by atoms with Crippen LogP contribution in [0, 0.1) is 0 Å². The highest BCUT2D eigenvalue weighted by Crippen LogP contribution is 2.29. The van der Waals surface area contributed by atoms with Gasteiger partial charge in [-0.15, -0.1) is 11.3 Å². The summed E-state index contributed by atoms with van der Waals surface area (Å²) in [6.45, 7) is 0.975. The minimum atomic E-state index is 0.126. The molecule has 0 saturated carbocycles. The fraction of sp³-hybridized carbons (Fsp3) is 0.250. The van der Waals surface area contributed by atoms with Crippen molar-refractivity contribution in [2.24, 2.45) is 7.05 Å². The van der Waals surface area contributed by atoms with Crippen LogP contribution in [0.3, 0.4) is 0 Å². The third-order valence-electron chi connectivity index (χ3n) is 3.91. The summed E-state index contributed by atoms with van der Waals surface area (Å²) in [6, 6.07) is 12.8. The van der Waals surface area contributed by atoms with Crippen molar-refractivity contribution in [2.45, 2.75) is 12.5 Å². The fourth-order valence-corrected chi connectivity index (χ4v) is 3.55. The molecule has 5 heteroatoms. The van der Waals surface area contributed by atoms with Crippen LogP contribution in [0.4, 0.5) is 0 Å². The van der Waals surface area contributed by atoms with E-state index in [4.69, 9.17) is 4.98 Å². The molecule has 2 aromatic heterocycles. The van der Waals surface area contributed by atoms with Crippen molar-refractivity contribution in [2.75, 3.05) is 6.54 Å². The van der Waals surface area contributed by atoms with E-state index >= 15 is 0 Å². The number of hydrogen-bond donors (Lipinski definition) is 1. The highest BCUT2D eigenvalue weighted by Gasteiger charge is 2.25. The topological polar surface area (TPSA) is 42.7 Å². The highest BCUT2D eigenvalue weighted by molar-refractivity contribution is 7.13. The molecule has 4 rings (SSSR count). The number of hydrogen-bond acceptors (Lipinski definition) is 4. The number of fused-ring (bicyclic) bond motifs is 1. The lowest BCUT2D eigenvalue weighted by atomic mass is 9.94. The molecule has 0 amide bonds. The summed E-state index contributed by atoms with van der Waals surface area (Å²) < 4.78 is 1.90. The molecule has 0 radical (unpaired) electrons. The molecule has 0 fully saturated rings. The first-order valence-corrected chi connectivity index (χ1v) is 7.97. The van der Waals surface area contributed by atoms with Crippen LogP contribution < -0.4 is 5.32 Å². The molecule has 0 saturated heterocycles. The Hall–Kier alpha value is -1.98. The van der Waals surface area contributed by atoms with Crippen molar-refractivity contribution in [3.8, 4) is 10.7 Å². The van der Waals surface area contributed by atoms with Crippen molar-refractivity contribution in [3.63, 3.8) is 0 Å². The second-order valence-electron chi connectivity index (χ2n) is 5.23. The van der Waals surface area contributed by atoms with Gasteiger partial charge in [0, 0.05) is 13.6 Å². The Labute approximate surface area is 127 Å². The molecule has 1 aromatic carbocycles. The third-order valence-corrected chi connectivity index (χ3v) is 4.77. The highest BCUT2D eigenvalue weighted by atomic mass is 32.1. The minimum absolute atomic E-state index is 0.126. The Bertz CT molecular complexity index is 760. The summed E-state index contributed by atoms with van der Waals surface area (Å²) in [5.41, 5.74) is 2.72. The van der Waals surface area contributed by atoms with E-state index in [0.717, 1.165) is 29.5 Å². The Morgan fingerprint density at radius 1 is 1.24 bits per heavy atom. The van der Waals surface area contributed by atoms with Crippen LogP contribution in [0.1, 0.15) is 23.0 Å². The monoisotopic (exact) mass is 296 g/mol. The number of nitrogens with one attached hydrogen (secondary N) is 1. The van der Waals surface area contributed by atoms with Gasteiger partial charge in [0.15, 0.2) is 5.82 Å². The molecule has 3 aromatic rings. The van der Waals surface area contributed by atoms with Gasteiger partial charge in [-0.25, -0.2) is 4.98 Å². The second-order valence-corrected chi connectivity index (χ2v) is 6.18. The lowest BCUT2D eigenvalue weighted by Gasteiger charge is -2.25. The third kappa shape index (κ3) is 2.18. The largest absolute Gasteiger partial charge is 0.303 e. The predicted octanol–water partition coefficient (Wildman–Crippen LogP) is 2.78. The number of aromatic nitrogens is 3. The quantitative estimate of drug-likeness (QED) is 0.791. The van der Waals surface area contributed by atoms with Gasteiger partial charge in [0.2, 0.25) is 0 Å². The maximum Gasteiger partial charge on any atom is 0.191 e. The lowest BCUT2D eigenvalue weighted by molar-refractivity contribution is 0.519. The van der Waals surface area contributed by atoms with Crippen molar-refractivity contribution < 1.29 is 0 Å². The molecule has 1 N–H and O–H groups in total. The van der Waals surface area contributed by atoms with Gasteiger partial charge in [0.25, 0.3) is 0 Å². The van der Waals surface area contributed by atoms with Crippen LogP contribution >= 0.6 is 11.3 Å². The van der Waals surface area contributed by atoms with Gasteiger partial charge in [0.1, 0.15) is 5.82 Å². The molecule has 1 atom stereocenters. The summed E-state index contributed by atoms with van der Waals surface area (Å²) in [6.07, 6.45) is 1.07. The lowest BCUT2D eigenvalue weighted by Crippen LogP contribution is -2.32. The normalized spacial score (nSPS) is 17.7. The molecule has 0 spiro atoms. The summed E-state index contributed by atoms with van der Waals surface area (Å²) in [5, 5.41) is 10.2. The van der Waals surface area contributed by atoms with Gasteiger partial charge in [-0.2, -0.15) is 5.10 Å². The van der Waals surface area contributed by atoms with Crippen molar-refractivity contribution in [1.29, 1.82) is 0 Å². The Morgan fingerprint density at radius 3 is 3.00 bits per heavy atom. The van der Waals surface area contributed by atoms with Crippen LogP contribution in [-0.4, -0.2) is 21.3 Å². The first-order chi connectivity index (χ1) is 10.3. The molecule has 106 valence electrons. The van der Waals surface area contributed by atoms with Gasteiger partial charge < -0.3 is 5.32 Å². The molecule has 1 unspecified atom stereocenters. The van der Waals surface area contributed by atoms with Crippen LogP contribution in [0.15, 0.2) is 41.8 Å². The molecule has 0 bridgehead atoms. The number of rotatable bonds is 2. The maximum atomic E-state index is 4.77. The minimum Gasteiger partial charge on any atom is -0.303 e. The van der Waals surface area contributed by atoms with E-state index in [2.05, 4.69) is 46.1 Å². The standard InChI is InChI=1S/C16H16N4S/c1-20-16(18-15(19-20)13-7-4-10-21-13)14-12-6-3-2-5-11(12)8-9-17-14/h2-7,10,14,17H,8-9H2,1H3. The van der Waals surface area contributed by atoms with E-state index in [0.29, 0.717) is 0 Å². The van der Waals surface area contributed by atoms with E-state index < -0.39 is 0 Å². The summed E-state index contributed by atoms with van der Waals surface area (Å²) in [7, 11) is 1.97. The van der Waals surface area contributed by atoms with Crippen LogP contribution in [-0.2, 0) is 13.5 Å².